The number of benzene rings is 1. The largest absolute Gasteiger partial charge is 0.451 e. The van der Waals surface area contributed by atoms with Crippen LogP contribution in [0.1, 0.15) is 30.3 Å². The Morgan fingerprint density at radius 2 is 2.05 bits per heavy atom. The summed E-state index contributed by atoms with van der Waals surface area (Å²) in [5.41, 5.74) is 0.764. The van der Waals surface area contributed by atoms with Gasteiger partial charge in [-0.25, -0.2) is 0 Å². The Morgan fingerprint density at radius 1 is 1.35 bits per heavy atom. The third-order valence-electron chi connectivity index (χ3n) is 4.11. The fourth-order valence-electron chi connectivity index (χ4n) is 2.80. The van der Waals surface area contributed by atoms with Crippen LogP contribution in [0.4, 0.5) is 0 Å². The van der Waals surface area contributed by atoms with E-state index in [0.29, 0.717) is 11.7 Å². The van der Waals surface area contributed by atoms with Crippen LogP contribution in [-0.4, -0.2) is 29.3 Å². The number of carbonyl (C=O) groups excluding carboxylic acids is 1. The van der Waals surface area contributed by atoms with E-state index in [1.165, 1.54) is 0 Å². The van der Waals surface area contributed by atoms with E-state index < -0.39 is 0 Å². The Balaban J connectivity index is 1.73. The van der Waals surface area contributed by atoms with Gasteiger partial charge in [0.05, 0.1) is 0 Å². The van der Waals surface area contributed by atoms with Crippen molar-refractivity contribution in [2.45, 2.75) is 25.1 Å². The maximum absolute atomic E-state index is 12.4. The van der Waals surface area contributed by atoms with Gasteiger partial charge in [0.25, 0.3) is 5.91 Å². The van der Waals surface area contributed by atoms with E-state index in [-0.39, 0.29) is 11.3 Å². The number of nitrogens with zero attached hydrogens (tertiary/aromatic N) is 1. The van der Waals surface area contributed by atoms with Crippen molar-refractivity contribution in [2.75, 3.05) is 13.1 Å². The minimum Gasteiger partial charge on any atom is -0.451 e. The molecule has 0 N–H and O–H groups in total. The molecular weight excluding hydrogens is 274 g/mol. The lowest BCUT2D eigenvalue weighted by Crippen LogP contribution is -2.39. The highest BCUT2D eigenvalue weighted by atomic mass is 35.5. The maximum Gasteiger partial charge on any atom is 0.289 e. The molecule has 1 aromatic heterocycles. The molecular formula is C16H18ClNO2. The lowest BCUT2D eigenvalue weighted by Gasteiger charge is -2.32. The average Bonchev–Trinajstić information content (AvgIpc) is 2.90. The Hall–Kier alpha value is -1.48. The van der Waals surface area contributed by atoms with Gasteiger partial charge in [0.2, 0.25) is 0 Å². The van der Waals surface area contributed by atoms with Crippen LogP contribution in [0.15, 0.2) is 34.7 Å². The molecule has 1 aromatic carbocycles. The average molecular weight is 292 g/mol. The summed E-state index contributed by atoms with van der Waals surface area (Å²) in [5.74, 6) is 0.932. The summed E-state index contributed by atoms with van der Waals surface area (Å²) >= 11 is 6.13. The first-order valence-corrected chi connectivity index (χ1v) is 7.50. The van der Waals surface area contributed by atoms with Gasteiger partial charge in [-0.3, -0.25) is 4.79 Å². The third kappa shape index (κ3) is 2.55. The van der Waals surface area contributed by atoms with E-state index >= 15 is 0 Å². The van der Waals surface area contributed by atoms with Crippen molar-refractivity contribution in [1.29, 1.82) is 0 Å². The van der Waals surface area contributed by atoms with Crippen LogP contribution < -0.4 is 0 Å². The quantitative estimate of drug-likeness (QED) is 0.786. The Kier molecular flexibility index (Phi) is 3.70. The molecule has 1 amide bonds. The molecule has 0 spiro atoms. The molecule has 2 heterocycles. The number of hydrogen-bond acceptors (Lipinski definition) is 2. The molecule has 1 aliphatic heterocycles. The Labute approximate surface area is 123 Å². The van der Waals surface area contributed by atoms with E-state index in [0.717, 1.165) is 36.9 Å². The molecule has 0 aliphatic carbocycles. The van der Waals surface area contributed by atoms with Crippen molar-refractivity contribution in [1.82, 2.24) is 4.90 Å². The highest BCUT2D eigenvalue weighted by molar-refractivity contribution is 6.20. The summed E-state index contributed by atoms with van der Waals surface area (Å²) in [6, 6.07) is 9.52. The van der Waals surface area contributed by atoms with Gasteiger partial charge in [-0.1, -0.05) is 18.2 Å². The second-order valence-corrected chi connectivity index (χ2v) is 6.14. The summed E-state index contributed by atoms with van der Waals surface area (Å²) in [6.45, 7) is 3.55. The number of amides is 1. The number of likely N-dealkylation sites (tertiary alicyclic amines) is 1. The smallest absolute Gasteiger partial charge is 0.289 e. The topological polar surface area (TPSA) is 33.5 Å². The first-order chi connectivity index (χ1) is 9.65. The molecule has 0 radical (unpaired) electrons. The molecule has 1 saturated heterocycles. The van der Waals surface area contributed by atoms with Crippen LogP contribution in [0.2, 0.25) is 0 Å². The van der Waals surface area contributed by atoms with Crippen LogP contribution in [0.5, 0.6) is 0 Å². The van der Waals surface area contributed by atoms with E-state index in [4.69, 9.17) is 16.0 Å². The van der Waals surface area contributed by atoms with E-state index in [9.17, 15) is 4.79 Å². The zero-order valence-corrected chi connectivity index (χ0v) is 12.3. The van der Waals surface area contributed by atoms with Crippen molar-refractivity contribution in [3.05, 3.63) is 36.1 Å². The van der Waals surface area contributed by atoms with Crippen LogP contribution in [0.3, 0.4) is 0 Å². The van der Waals surface area contributed by atoms with Crippen molar-refractivity contribution in [3.8, 4) is 0 Å². The summed E-state index contributed by atoms with van der Waals surface area (Å²) in [4.78, 5) is 14.3. The fourth-order valence-corrected chi connectivity index (χ4v) is 3.06. The number of furan rings is 1. The number of carbonyl (C=O) groups is 1. The van der Waals surface area contributed by atoms with E-state index in [1.54, 1.807) is 0 Å². The monoisotopic (exact) mass is 291 g/mol. The zero-order valence-electron chi connectivity index (χ0n) is 11.5. The van der Waals surface area contributed by atoms with Gasteiger partial charge in [-0.15, -0.1) is 11.6 Å². The van der Waals surface area contributed by atoms with Gasteiger partial charge in [-0.2, -0.15) is 0 Å². The number of fused-ring (bicyclic) bond motifs is 1. The van der Waals surface area contributed by atoms with E-state index in [1.807, 2.05) is 42.2 Å². The fraction of sp³-hybridized carbons (Fsp3) is 0.438. The van der Waals surface area contributed by atoms with Gasteiger partial charge < -0.3 is 9.32 Å². The SMILES string of the molecule is CC(Cl)C1CCN(C(=O)c2cc3ccccc3o2)CC1. The summed E-state index contributed by atoms with van der Waals surface area (Å²) in [7, 11) is 0. The van der Waals surface area contributed by atoms with E-state index in [2.05, 4.69) is 0 Å². The van der Waals surface area contributed by atoms with Crippen LogP contribution in [0.25, 0.3) is 11.0 Å². The number of alkyl halides is 1. The Bertz CT molecular complexity index is 579. The first-order valence-electron chi connectivity index (χ1n) is 7.07. The predicted molar refractivity (Wildman–Crippen MR) is 80.2 cm³/mol. The third-order valence-corrected chi connectivity index (χ3v) is 4.47. The molecule has 3 rings (SSSR count). The molecule has 0 saturated carbocycles. The van der Waals surface area contributed by atoms with Crippen LogP contribution in [-0.2, 0) is 0 Å². The van der Waals surface area contributed by atoms with Gasteiger partial charge in [0.15, 0.2) is 5.76 Å². The number of piperidine rings is 1. The number of para-hydroxylation sites is 1. The number of halogens is 1. The first kappa shape index (κ1) is 13.5. The maximum atomic E-state index is 12.4. The molecule has 20 heavy (non-hydrogen) atoms. The normalized spacial score (nSPS) is 18.4. The number of hydrogen-bond donors (Lipinski definition) is 0. The van der Waals surface area contributed by atoms with Gasteiger partial charge in [0, 0.05) is 23.9 Å². The standard InChI is InChI=1S/C16H18ClNO2/c1-11(17)12-6-8-18(9-7-12)16(19)15-10-13-4-2-3-5-14(13)20-15/h2-5,10-12H,6-9H2,1H3. The lowest BCUT2D eigenvalue weighted by atomic mass is 9.94. The van der Waals surface area contributed by atoms with Gasteiger partial charge in [-0.05, 0) is 37.8 Å². The van der Waals surface area contributed by atoms with Gasteiger partial charge >= 0.3 is 0 Å². The Morgan fingerprint density at radius 3 is 2.70 bits per heavy atom. The second kappa shape index (κ2) is 5.49. The minimum absolute atomic E-state index is 0.0122. The summed E-state index contributed by atoms with van der Waals surface area (Å²) < 4.78 is 5.64. The molecule has 1 fully saturated rings. The predicted octanol–water partition coefficient (Wildman–Crippen LogP) is 3.91. The number of rotatable bonds is 2. The van der Waals surface area contributed by atoms with Crippen molar-refractivity contribution >= 4 is 28.5 Å². The van der Waals surface area contributed by atoms with Crippen LogP contribution in [0, 0.1) is 5.92 Å². The highest BCUT2D eigenvalue weighted by Crippen LogP contribution is 2.26. The molecule has 2 aromatic rings. The van der Waals surface area contributed by atoms with Crippen molar-refractivity contribution in [3.63, 3.8) is 0 Å². The zero-order chi connectivity index (χ0) is 14.1. The van der Waals surface area contributed by atoms with Crippen molar-refractivity contribution in [2.24, 2.45) is 5.92 Å². The van der Waals surface area contributed by atoms with Crippen LogP contribution >= 0.6 is 11.6 Å². The van der Waals surface area contributed by atoms with Crippen molar-refractivity contribution < 1.29 is 9.21 Å². The lowest BCUT2D eigenvalue weighted by molar-refractivity contribution is 0.0660. The molecule has 3 nitrogen and oxygen atoms in total. The molecule has 106 valence electrons. The summed E-state index contributed by atoms with van der Waals surface area (Å²) in [6.07, 6.45) is 1.94. The highest BCUT2D eigenvalue weighted by Gasteiger charge is 2.27. The molecule has 4 heteroatoms. The second-order valence-electron chi connectivity index (χ2n) is 5.46. The van der Waals surface area contributed by atoms with Gasteiger partial charge in [0.1, 0.15) is 5.58 Å². The molecule has 0 bridgehead atoms. The minimum atomic E-state index is -0.0122. The summed E-state index contributed by atoms with van der Waals surface area (Å²) in [5, 5.41) is 1.15. The molecule has 1 unspecified atom stereocenters. The molecule has 1 atom stereocenters. The molecule has 1 aliphatic rings.